The number of rotatable bonds is 2. The zero-order valence-corrected chi connectivity index (χ0v) is 31.8. The van der Waals surface area contributed by atoms with Crippen LogP contribution in [-0.4, -0.2) is 8.97 Å². The summed E-state index contributed by atoms with van der Waals surface area (Å²) in [6, 6.07) is 70.6. The van der Waals surface area contributed by atoms with Crippen molar-refractivity contribution in [1.82, 2.24) is 8.97 Å². The molecule has 59 heavy (non-hydrogen) atoms. The molecule has 2 aliphatic carbocycles. The van der Waals surface area contributed by atoms with E-state index in [1.807, 2.05) is 28.7 Å². The van der Waals surface area contributed by atoms with Crippen LogP contribution in [-0.2, 0) is 5.41 Å². The van der Waals surface area contributed by atoms with E-state index in [2.05, 4.69) is 174 Å². The number of aromatic nitrogens is 2. The topological polar surface area (TPSA) is 26.4 Å². The first-order valence-corrected chi connectivity index (χ1v) is 20.4. The number of fused-ring (bicyclic) bond motifs is 19. The van der Waals surface area contributed by atoms with Crippen LogP contribution in [0.2, 0.25) is 0 Å². The molecule has 3 nitrogen and oxygen atoms in total. The van der Waals surface area contributed by atoms with Crippen LogP contribution in [0.25, 0.3) is 98.8 Å². The number of hydrogen-bond acceptors (Lipinski definition) is 1. The van der Waals surface area contributed by atoms with Gasteiger partial charge in [0.25, 0.3) is 5.56 Å². The normalized spacial score (nSPS) is 13.6. The molecule has 0 N–H and O–H groups in total. The Morgan fingerprint density at radius 3 is 1.69 bits per heavy atom. The molecule has 0 amide bonds. The fourth-order valence-corrected chi connectivity index (χ4v) is 11.4. The van der Waals surface area contributed by atoms with Crippen molar-refractivity contribution in [2.75, 3.05) is 0 Å². The maximum Gasteiger partial charge on any atom is 0.263 e. The monoisotopic (exact) mass is 748 g/mol. The molecule has 0 atom stereocenters. The second-order valence-electron chi connectivity index (χ2n) is 16.3. The molecule has 3 aromatic heterocycles. The summed E-state index contributed by atoms with van der Waals surface area (Å²) < 4.78 is 4.34. The Hall–Kier alpha value is -7.75. The Balaban J connectivity index is 0.967. The molecule has 0 saturated heterocycles. The molecule has 0 aliphatic heterocycles. The van der Waals surface area contributed by atoms with E-state index < -0.39 is 0 Å². The lowest BCUT2D eigenvalue weighted by molar-refractivity contribution is 0.794. The summed E-state index contributed by atoms with van der Waals surface area (Å²) >= 11 is 0. The quantitative estimate of drug-likeness (QED) is 0.162. The van der Waals surface area contributed by atoms with Crippen LogP contribution >= 0.6 is 0 Å². The summed E-state index contributed by atoms with van der Waals surface area (Å²) in [5, 5.41) is 7.57. The zero-order valence-electron chi connectivity index (χ0n) is 31.8. The smallest absolute Gasteiger partial charge is 0.263 e. The predicted molar refractivity (Wildman–Crippen MR) is 243 cm³/mol. The van der Waals surface area contributed by atoms with Gasteiger partial charge in [-0.05, 0) is 103 Å². The first-order chi connectivity index (χ1) is 29.2. The lowest BCUT2D eigenvalue weighted by atomic mass is 9.70. The molecule has 0 saturated carbocycles. The minimum atomic E-state index is -0.389. The van der Waals surface area contributed by atoms with Gasteiger partial charge in [0.2, 0.25) is 0 Å². The van der Waals surface area contributed by atoms with Crippen molar-refractivity contribution < 1.29 is 0 Å². The van der Waals surface area contributed by atoms with Gasteiger partial charge in [0.1, 0.15) is 0 Å². The second kappa shape index (κ2) is 11.0. The van der Waals surface area contributed by atoms with Gasteiger partial charge in [0.15, 0.2) is 0 Å². The van der Waals surface area contributed by atoms with Crippen LogP contribution in [0.5, 0.6) is 0 Å². The molecule has 272 valence electrons. The van der Waals surface area contributed by atoms with Gasteiger partial charge >= 0.3 is 0 Å². The Morgan fingerprint density at radius 1 is 0.373 bits per heavy atom. The number of pyridine rings is 1. The highest BCUT2D eigenvalue weighted by Crippen LogP contribution is 2.64. The summed E-state index contributed by atoms with van der Waals surface area (Å²) in [5.41, 5.74) is 18.0. The van der Waals surface area contributed by atoms with Crippen LogP contribution in [0.1, 0.15) is 22.3 Å². The van der Waals surface area contributed by atoms with Crippen molar-refractivity contribution in [3.05, 3.63) is 227 Å². The van der Waals surface area contributed by atoms with Crippen LogP contribution in [0.4, 0.5) is 0 Å². The molecule has 0 bridgehead atoms. The number of benzene rings is 9. The fraction of sp³-hybridized carbons (Fsp3) is 0.0179. The highest BCUT2D eigenvalue weighted by molar-refractivity contribution is 6.21. The Morgan fingerprint density at radius 2 is 0.949 bits per heavy atom. The third-order valence-electron chi connectivity index (χ3n) is 13.7. The second-order valence-corrected chi connectivity index (χ2v) is 16.3. The maximum absolute atomic E-state index is 14.1. The van der Waals surface area contributed by atoms with Crippen molar-refractivity contribution in [3.63, 3.8) is 0 Å². The van der Waals surface area contributed by atoms with Crippen molar-refractivity contribution in [3.8, 4) is 39.1 Å². The minimum Gasteiger partial charge on any atom is -0.309 e. The molecule has 9 aromatic carbocycles. The average Bonchev–Trinajstić information content (AvgIpc) is 4.01. The van der Waals surface area contributed by atoms with Crippen molar-refractivity contribution in [1.29, 1.82) is 0 Å². The molecule has 0 unspecified atom stereocenters. The Bertz CT molecular complexity index is 3820. The van der Waals surface area contributed by atoms with Crippen molar-refractivity contribution in [2.45, 2.75) is 5.41 Å². The van der Waals surface area contributed by atoms with Gasteiger partial charge in [-0.15, -0.1) is 0 Å². The molecule has 1 spiro atoms. The lowest BCUT2D eigenvalue weighted by Gasteiger charge is -2.30. The highest BCUT2D eigenvalue weighted by atomic mass is 16.1. The van der Waals surface area contributed by atoms with Crippen LogP contribution in [0.15, 0.2) is 199 Å². The van der Waals surface area contributed by atoms with Crippen molar-refractivity contribution in [2.24, 2.45) is 0 Å². The number of para-hydroxylation sites is 3. The summed E-state index contributed by atoms with van der Waals surface area (Å²) in [7, 11) is 0. The van der Waals surface area contributed by atoms with Gasteiger partial charge < -0.3 is 4.57 Å². The highest BCUT2D eigenvalue weighted by Gasteiger charge is 2.52. The molecule has 14 rings (SSSR count). The van der Waals surface area contributed by atoms with E-state index in [-0.39, 0.29) is 11.0 Å². The molecular formula is C56H32N2O. The predicted octanol–water partition coefficient (Wildman–Crippen LogP) is 13.3. The SMILES string of the molecule is O=c1c2ccc(-c3ccc(-n4c5ccccc5c5c6c(ccc54)C4(c5ccccc5-c5ccccc54)c4ccccc4-6)cc3)cc2c2cccc3c4ccccc4n1c23. The molecule has 0 radical (unpaired) electrons. The molecule has 3 heterocycles. The molecule has 3 heteroatoms. The number of hydrogen-bond donors (Lipinski definition) is 0. The van der Waals surface area contributed by atoms with E-state index in [1.54, 1.807) is 0 Å². The Kier molecular flexibility index (Phi) is 5.85. The lowest BCUT2D eigenvalue weighted by Crippen LogP contribution is -2.25. The van der Waals surface area contributed by atoms with E-state index in [0.717, 1.165) is 54.8 Å². The van der Waals surface area contributed by atoms with E-state index in [1.165, 1.54) is 66.3 Å². The third-order valence-corrected chi connectivity index (χ3v) is 13.7. The Labute approximate surface area is 338 Å². The van der Waals surface area contributed by atoms with Gasteiger partial charge in [-0.3, -0.25) is 9.20 Å². The molecule has 12 aromatic rings. The van der Waals surface area contributed by atoms with Crippen molar-refractivity contribution >= 4 is 59.8 Å². The molecular weight excluding hydrogens is 717 g/mol. The first kappa shape index (κ1) is 31.3. The first-order valence-electron chi connectivity index (χ1n) is 20.4. The standard InChI is InChI=1S/C56H32N2O/c59-55-41-29-26-34(32-44(41)40-18-11-17-39-38-14-4-9-22-49(38)58(55)54(39)40)33-24-27-35(28-25-33)57-50-23-10-5-16-43(50)53-51(57)31-30-48-52(53)42-15-3-8-21-47(42)56(48)45-19-6-1-12-36(45)37-13-2-7-20-46(37)56/h1-32H. The van der Waals surface area contributed by atoms with Crippen LogP contribution < -0.4 is 5.56 Å². The van der Waals surface area contributed by atoms with Gasteiger partial charge in [-0.2, -0.15) is 0 Å². The molecule has 2 aliphatic rings. The molecule has 0 fully saturated rings. The van der Waals surface area contributed by atoms with E-state index >= 15 is 0 Å². The van der Waals surface area contributed by atoms with Gasteiger partial charge in [-0.1, -0.05) is 152 Å². The van der Waals surface area contributed by atoms with E-state index in [9.17, 15) is 4.79 Å². The van der Waals surface area contributed by atoms with E-state index in [0.29, 0.717) is 0 Å². The van der Waals surface area contributed by atoms with Crippen LogP contribution in [0.3, 0.4) is 0 Å². The largest absolute Gasteiger partial charge is 0.309 e. The summed E-state index contributed by atoms with van der Waals surface area (Å²) in [6.07, 6.45) is 0. The average molecular weight is 749 g/mol. The zero-order chi connectivity index (χ0) is 38.6. The van der Waals surface area contributed by atoms with Gasteiger partial charge in [-0.25, -0.2) is 0 Å². The van der Waals surface area contributed by atoms with Gasteiger partial charge in [0.05, 0.1) is 27.5 Å². The summed E-state index contributed by atoms with van der Waals surface area (Å²) in [4.78, 5) is 14.1. The third kappa shape index (κ3) is 3.72. The van der Waals surface area contributed by atoms with Crippen LogP contribution in [0, 0.1) is 0 Å². The van der Waals surface area contributed by atoms with Gasteiger partial charge in [0, 0.05) is 38.0 Å². The summed E-state index contributed by atoms with van der Waals surface area (Å²) in [5.74, 6) is 0. The summed E-state index contributed by atoms with van der Waals surface area (Å²) in [6.45, 7) is 0. The van der Waals surface area contributed by atoms with E-state index in [4.69, 9.17) is 0 Å². The number of nitrogens with zero attached hydrogens (tertiary/aromatic N) is 2. The minimum absolute atomic E-state index is 0.0274. The maximum atomic E-state index is 14.1. The fourth-order valence-electron chi connectivity index (χ4n) is 11.4.